The highest BCUT2D eigenvalue weighted by atomic mass is 127. The van der Waals surface area contributed by atoms with Crippen molar-refractivity contribution in [2.24, 2.45) is 16.8 Å². The molecule has 1 rings (SSSR count). The van der Waals surface area contributed by atoms with Gasteiger partial charge in [0.05, 0.1) is 5.56 Å². The second-order valence-electron chi connectivity index (χ2n) is 3.76. The molecule has 0 spiro atoms. The predicted molar refractivity (Wildman–Crippen MR) is 81.8 cm³/mol. The lowest BCUT2D eigenvalue weighted by Crippen LogP contribution is -2.34. The van der Waals surface area contributed by atoms with Gasteiger partial charge in [0.1, 0.15) is 5.84 Å². The Morgan fingerprint density at radius 1 is 1.67 bits per heavy atom. The van der Waals surface area contributed by atoms with Crippen molar-refractivity contribution < 1.29 is 10.0 Å². The summed E-state index contributed by atoms with van der Waals surface area (Å²) in [5.41, 5.74) is 6.00. The van der Waals surface area contributed by atoms with Crippen LogP contribution in [0.1, 0.15) is 17.3 Å². The number of carbonyl (C=O) groups is 1. The molecular weight excluding hydrogens is 413 g/mol. The maximum Gasteiger partial charge on any atom is 0.252 e. The van der Waals surface area contributed by atoms with E-state index in [1.807, 2.05) is 12.1 Å². The number of oxime groups is 1. The zero-order chi connectivity index (χ0) is 13.7. The summed E-state index contributed by atoms with van der Waals surface area (Å²) < 4.78 is 1.71. The molecule has 1 atom stereocenters. The van der Waals surface area contributed by atoms with Gasteiger partial charge in [0.15, 0.2) is 0 Å². The zero-order valence-electron chi connectivity index (χ0n) is 9.65. The molecule has 1 aromatic carbocycles. The van der Waals surface area contributed by atoms with E-state index in [9.17, 15) is 4.79 Å². The van der Waals surface area contributed by atoms with Gasteiger partial charge in [-0.3, -0.25) is 4.79 Å². The first-order valence-electron chi connectivity index (χ1n) is 5.16. The smallest absolute Gasteiger partial charge is 0.252 e. The average Bonchev–Trinajstić information content (AvgIpc) is 2.37. The van der Waals surface area contributed by atoms with E-state index in [-0.39, 0.29) is 17.7 Å². The Kier molecular flexibility index (Phi) is 5.86. The molecule has 7 heteroatoms. The SMILES string of the molecule is CC(CNC(=O)c1cc(I)ccc1Br)/C(N)=N/O. The van der Waals surface area contributed by atoms with Crippen molar-refractivity contribution in [1.82, 2.24) is 5.32 Å². The van der Waals surface area contributed by atoms with Gasteiger partial charge >= 0.3 is 0 Å². The molecule has 1 amide bonds. The third-order valence-corrected chi connectivity index (χ3v) is 3.72. The molecule has 1 aromatic rings. The van der Waals surface area contributed by atoms with E-state index in [0.717, 1.165) is 8.04 Å². The van der Waals surface area contributed by atoms with E-state index in [4.69, 9.17) is 10.9 Å². The van der Waals surface area contributed by atoms with Crippen LogP contribution in [-0.2, 0) is 0 Å². The highest BCUT2D eigenvalue weighted by Gasteiger charge is 2.13. The number of amides is 1. The lowest BCUT2D eigenvalue weighted by molar-refractivity contribution is 0.0950. The molecule has 0 aliphatic rings. The minimum Gasteiger partial charge on any atom is -0.409 e. The molecule has 0 aliphatic carbocycles. The molecule has 5 nitrogen and oxygen atoms in total. The number of nitrogens with one attached hydrogen (secondary N) is 1. The van der Waals surface area contributed by atoms with Gasteiger partial charge in [0, 0.05) is 20.5 Å². The van der Waals surface area contributed by atoms with Gasteiger partial charge in [-0.15, -0.1) is 0 Å². The number of hydrogen-bond acceptors (Lipinski definition) is 3. The molecule has 0 bridgehead atoms. The molecule has 0 aromatic heterocycles. The molecule has 0 saturated carbocycles. The van der Waals surface area contributed by atoms with E-state index in [1.165, 1.54) is 0 Å². The number of halogens is 2. The topological polar surface area (TPSA) is 87.7 Å². The Morgan fingerprint density at radius 3 is 2.94 bits per heavy atom. The van der Waals surface area contributed by atoms with E-state index in [0.29, 0.717) is 12.1 Å². The third kappa shape index (κ3) is 4.13. The van der Waals surface area contributed by atoms with Crippen molar-refractivity contribution in [3.63, 3.8) is 0 Å². The maximum absolute atomic E-state index is 11.9. The molecule has 18 heavy (non-hydrogen) atoms. The molecule has 0 saturated heterocycles. The highest BCUT2D eigenvalue weighted by Crippen LogP contribution is 2.19. The number of benzene rings is 1. The average molecular weight is 426 g/mol. The van der Waals surface area contributed by atoms with Crippen LogP contribution in [0.25, 0.3) is 0 Å². The quantitative estimate of drug-likeness (QED) is 0.227. The second-order valence-corrected chi connectivity index (χ2v) is 5.86. The molecule has 0 radical (unpaired) electrons. The summed E-state index contributed by atoms with van der Waals surface area (Å²) in [6.45, 7) is 2.08. The minimum atomic E-state index is -0.222. The monoisotopic (exact) mass is 425 g/mol. The molecule has 0 aliphatic heterocycles. The fourth-order valence-electron chi connectivity index (χ4n) is 1.22. The summed E-state index contributed by atoms with van der Waals surface area (Å²) in [5.74, 6) is -0.324. The maximum atomic E-state index is 11.9. The van der Waals surface area contributed by atoms with Gasteiger partial charge in [0.2, 0.25) is 0 Å². The van der Waals surface area contributed by atoms with Crippen LogP contribution >= 0.6 is 38.5 Å². The number of carbonyl (C=O) groups excluding carboxylic acids is 1. The Balaban J connectivity index is 2.69. The van der Waals surface area contributed by atoms with E-state index >= 15 is 0 Å². The third-order valence-electron chi connectivity index (χ3n) is 2.36. The summed E-state index contributed by atoms with van der Waals surface area (Å²) in [7, 11) is 0. The van der Waals surface area contributed by atoms with Crippen molar-refractivity contribution in [1.29, 1.82) is 0 Å². The summed E-state index contributed by atoms with van der Waals surface area (Å²) in [6.07, 6.45) is 0. The predicted octanol–water partition coefficient (Wildman–Crippen LogP) is 2.17. The number of rotatable bonds is 4. The van der Waals surface area contributed by atoms with Crippen molar-refractivity contribution in [3.05, 3.63) is 31.8 Å². The number of nitrogens with zero attached hydrogens (tertiary/aromatic N) is 1. The van der Waals surface area contributed by atoms with E-state index in [2.05, 4.69) is 49.0 Å². The fraction of sp³-hybridized carbons (Fsp3) is 0.273. The Hall–Kier alpha value is -0.830. The first-order chi connectivity index (χ1) is 8.45. The normalized spacial score (nSPS) is 13.2. The Labute approximate surface area is 127 Å². The number of amidine groups is 1. The van der Waals surface area contributed by atoms with Gasteiger partial charge in [-0.25, -0.2) is 0 Å². The first-order valence-corrected chi connectivity index (χ1v) is 7.03. The zero-order valence-corrected chi connectivity index (χ0v) is 13.4. The largest absolute Gasteiger partial charge is 0.409 e. The lowest BCUT2D eigenvalue weighted by atomic mass is 10.1. The molecule has 4 N–H and O–H groups in total. The second kappa shape index (κ2) is 6.93. The van der Waals surface area contributed by atoms with Crippen molar-refractivity contribution in [2.45, 2.75) is 6.92 Å². The van der Waals surface area contributed by atoms with Crippen LogP contribution < -0.4 is 11.1 Å². The van der Waals surface area contributed by atoms with Crippen LogP contribution in [0, 0.1) is 9.49 Å². The van der Waals surface area contributed by atoms with Crippen molar-refractivity contribution in [3.8, 4) is 0 Å². The first kappa shape index (κ1) is 15.2. The number of nitrogens with two attached hydrogens (primary N) is 1. The standard InChI is InChI=1S/C11H13BrIN3O2/c1-6(10(14)16-18)5-15-11(17)8-4-7(13)2-3-9(8)12/h2-4,6,18H,5H2,1H3,(H2,14,16)(H,15,17). The molecule has 0 fully saturated rings. The summed E-state index contributed by atoms with van der Waals surface area (Å²) in [5, 5.41) is 14.2. The fourth-order valence-corrected chi connectivity index (χ4v) is 2.13. The number of hydrogen-bond donors (Lipinski definition) is 3. The molecular formula is C11H13BrIN3O2. The van der Waals surface area contributed by atoms with Crippen LogP contribution in [0.4, 0.5) is 0 Å². The Morgan fingerprint density at radius 2 is 2.33 bits per heavy atom. The van der Waals surface area contributed by atoms with Gasteiger partial charge < -0.3 is 16.3 Å². The van der Waals surface area contributed by atoms with Gasteiger partial charge in [-0.1, -0.05) is 12.1 Å². The van der Waals surface area contributed by atoms with Crippen molar-refractivity contribution >= 4 is 50.3 Å². The van der Waals surface area contributed by atoms with Gasteiger partial charge in [-0.2, -0.15) is 0 Å². The molecule has 98 valence electrons. The Bertz CT molecular complexity index is 479. The van der Waals surface area contributed by atoms with E-state index in [1.54, 1.807) is 13.0 Å². The molecule has 0 heterocycles. The van der Waals surface area contributed by atoms with Crippen LogP contribution in [0.15, 0.2) is 27.8 Å². The van der Waals surface area contributed by atoms with Gasteiger partial charge in [-0.05, 0) is 56.7 Å². The summed E-state index contributed by atoms with van der Waals surface area (Å²) >= 11 is 5.47. The lowest BCUT2D eigenvalue weighted by Gasteiger charge is -2.12. The van der Waals surface area contributed by atoms with Crippen LogP contribution in [0.5, 0.6) is 0 Å². The summed E-state index contributed by atoms with van der Waals surface area (Å²) in [4.78, 5) is 11.9. The van der Waals surface area contributed by atoms with Crippen LogP contribution in [0.3, 0.4) is 0 Å². The van der Waals surface area contributed by atoms with Gasteiger partial charge in [0.25, 0.3) is 5.91 Å². The highest BCUT2D eigenvalue weighted by molar-refractivity contribution is 14.1. The summed E-state index contributed by atoms with van der Waals surface area (Å²) in [6, 6.07) is 5.51. The van der Waals surface area contributed by atoms with Crippen molar-refractivity contribution in [2.75, 3.05) is 6.54 Å². The minimum absolute atomic E-state index is 0.0945. The van der Waals surface area contributed by atoms with E-state index < -0.39 is 0 Å². The van der Waals surface area contributed by atoms with Crippen LogP contribution in [0.2, 0.25) is 0 Å². The van der Waals surface area contributed by atoms with Crippen LogP contribution in [-0.4, -0.2) is 23.5 Å². The molecule has 1 unspecified atom stereocenters.